The summed E-state index contributed by atoms with van der Waals surface area (Å²) in [6.45, 7) is 9.38. The minimum atomic E-state index is -0.0672. The van der Waals surface area contributed by atoms with Gasteiger partial charge in [0, 0.05) is 13.1 Å². The van der Waals surface area contributed by atoms with Crippen LogP contribution in [0.1, 0.15) is 59.3 Å². The minimum absolute atomic E-state index is 0.0672. The molecule has 2 aliphatic carbocycles. The van der Waals surface area contributed by atoms with E-state index >= 15 is 0 Å². The number of aliphatic hydroxyl groups is 1. The fourth-order valence-corrected chi connectivity index (χ4v) is 3.82. The van der Waals surface area contributed by atoms with Gasteiger partial charge < -0.3 is 10.0 Å². The second kappa shape index (κ2) is 6.13. The zero-order chi connectivity index (χ0) is 14.0. The fraction of sp³-hybridized carbons (Fsp3) is 1.00. The summed E-state index contributed by atoms with van der Waals surface area (Å²) in [5, 5.41) is 10.3. The van der Waals surface area contributed by atoms with Crippen LogP contribution in [0.5, 0.6) is 0 Å². The molecular formula is C17H33NO. The van der Waals surface area contributed by atoms with Gasteiger partial charge in [0.1, 0.15) is 0 Å². The first kappa shape index (κ1) is 15.3. The van der Waals surface area contributed by atoms with Crippen molar-refractivity contribution in [3.63, 3.8) is 0 Å². The summed E-state index contributed by atoms with van der Waals surface area (Å²) in [4.78, 5) is 2.47. The summed E-state index contributed by atoms with van der Waals surface area (Å²) in [6, 6.07) is 0. The molecule has 0 aliphatic heterocycles. The molecule has 0 bridgehead atoms. The normalized spacial score (nSPS) is 33.5. The Hall–Kier alpha value is -0.0800. The van der Waals surface area contributed by atoms with E-state index in [1.54, 1.807) is 0 Å². The van der Waals surface area contributed by atoms with Crippen molar-refractivity contribution in [2.75, 3.05) is 20.1 Å². The highest BCUT2D eigenvalue weighted by molar-refractivity contribution is 4.87. The molecule has 0 heterocycles. The van der Waals surface area contributed by atoms with E-state index in [1.165, 1.54) is 38.6 Å². The van der Waals surface area contributed by atoms with Gasteiger partial charge in [0.2, 0.25) is 0 Å². The molecule has 2 fully saturated rings. The molecule has 0 aromatic rings. The highest BCUT2D eigenvalue weighted by Gasteiger charge is 2.35. The molecule has 2 saturated carbocycles. The maximum absolute atomic E-state index is 10.3. The van der Waals surface area contributed by atoms with Crippen LogP contribution in [0.2, 0.25) is 0 Å². The van der Waals surface area contributed by atoms with E-state index < -0.39 is 0 Å². The third-order valence-electron chi connectivity index (χ3n) is 5.51. The van der Waals surface area contributed by atoms with Gasteiger partial charge in [-0.05, 0) is 62.3 Å². The van der Waals surface area contributed by atoms with Crippen LogP contribution in [0.3, 0.4) is 0 Å². The zero-order valence-corrected chi connectivity index (χ0v) is 13.4. The predicted octanol–water partition coefficient (Wildman–Crippen LogP) is 3.54. The monoisotopic (exact) mass is 267 g/mol. The molecule has 2 heteroatoms. The van der Waals surface area contributed by atoms with Crippen LogP contribution in [-0.4, -0.2) is 36.2 Å². The van der Waals surface area contributed by atoms with Gasteiger partial charge in [-0.1, -0.05) is 27.2 Å². The lowest BCUT2D eigenvalue weighted by Gasteiger charge is -2.42. The lowest BCUT2D eigenvalue weighted by molar-refractivity contribution is 0.00340. The van der Waals surface area contributed by atoms with E-state index in [0.717, 1.165) is 24.8 Å². The molecule has 112 valence electrons. The minimum Gasteiger partial charge on any atom is -0.393 e. The fourth-order valence-electron chi connectivity index (χ4n) is 3.82. The average Bonchev–Trinajstić information content (AvgIpc) is 2.25. The Labute approximate surface area is 119 Å². The third-order valence-corrected chi connectivity index (χ3v) is 5.51. The lowest BCUT2D eigenvalue weighted by atomic mass is 9.68. The molecule has 0 amide bonds. The van der Waals surface area contributed by atoms with E-state index in [4.69, 9.17) is 0 Å². The maximum Gasteiger partial charge on any atom is 0.0580 e. The standard InChI is InChI=1S/C17H33NO/c1-17(2,3)15-8-9-16(19)14(10-15)12-18(4)11-13-6-5-7-13/h13-16,19H,5-12H2,1-4H3. The number of aliphatic hydroxyl groups excluding tert-OH is 1. The van der Waals surface area contributed by atoms with Crippen molar-refractivity contribution in [2.24, 2.45) is 23.2 Å². The molecule has 0 aromatic heterocycles. The quantitative estimate of drug-likeness (QED) is 0.842. The van der Waals surface area contributed by atoms with Crippen LogP contribution in [0.4, 0.5) is 0 Å². The van der Waals surface area contributed by atoms with Crippen molar-refractivity contribution in [3.8, 4) is 0 Å². The van der Waals surface area contributed by atoms with E-state index in [1.807, 2.05) is 0 Å². The number of rotatable bonds is 4. The number of hydrogen-bond donors (Lipinski definition) is 1. The summed E-state index contributed by atoms with van der Waals surface area (Å²) in [7, 11) is 2.24. The molecule has 2 nitrogen and oxygen atoms in total. The Balaban J connectivity index is 1.82. The Bertz CT molecular complexity index is 279. The van der Waals surface area contributed by atoms with Crippen molar-refractivity contribution in [1.29, 1.82) is 0 Å². The smallest absolute Gasteiger partial charge is 0.0580 e. The highest BCUT2D eigenvalue weighted by atomic mass is 16.3. The summed E-state index contributed by atoms with van der Waals surface area (Å²) < 4.78 is 0. The molecule has 2 rings (SSSR count). The molecule has 0 radical (unpaired) electrons. The molecule has 0 spiro atoms. The van der Waals surface area contributed by atoms with Crippen molar-refractivity contribution in [3.05, 3.63) is 0 Å². The number of hydrogen-bond acceptors (Lipinski definition) is 2. The zero-order valence-electron chi connectivity index (χ0n) is 13.4. The van der Waals surface area contributed by atoms with Crippen LogP contribution in [0.15, 0.2) is 0 Å². The third kappa shape index (κ3) is 4.19. The first-order valence-corrected chi connectivity index (χ1v) is 8.23. The summed E-state index contributed by atoms with van der Waals surface area (Å²) >= 11 is 0. The first-order chi connectivity index (χ1) is 8.86. The van der Waals surface area contributed by atoms with Crippen molar-refractivity contribution in [1.82, 2.24) is 4.90 Å². The van der Waals surface area contributed by atoms with Crippen LogP contribution in [0.25, 0.3) is 0 Å². The topological polar surface area (TPSA) is 23.5 Å². The van der Waals surface area contributed by atoms with E-state index in [9.17, 15) is 5.11 Å². The van der Waals surface area contributed by atoms with Crippen LogP contribution in [-0.2, 0) is 0 Å². The molecule has 0 saturated heterocycles. The Morgan fingerprint density at radius 1 is 1.05 bits per heavy atom. The number of nitrogens with zero attached hydrogens (tertiary/aromatic N) is 1. The summed E-state index contributed by atoms with van der Waals surface area (Å²) in [6.07, 6.45) is 7.61. The van der Waals surface area contributed by atoms with Crippen LogP contribution >= 0.6 is 0 Å². The molecule has 19 heavy (non-hydrogen) atoms. The molecule has 3 atom stereocenters. The van der Waals surface area contributed by atoms with E-state index in [0.29, 0.717) is 11.3 Å². The Morgan fingerprint density at radius 2 is 1.74 bits per heavy atom. The molecule has 3 unspecified atom stereocenters. The van der Waals surface area contributed by atoms with Gasteiger partial charge in [-0.3, -0.25) is 0 Å². The maximum atomic E-state index is 10.3. The Kier molecular flexibility index (Phi) is 4.94. The second-order valence-corrected chi connectivity index (χ2v) is 8.22. The molecule has 1 N–H and O–H groups in total. The summed E-state index contributed by atoms with van der Waals surface area (Å²) in [5.74, 6) is 2.20. The van der Waals surface area contributed by atoms with Crippen molar-refractivity contribution >= 4 is 0 Å². The van der Waals surface area contributed by atoms with Gasteiger partial charge in [-0.2, -0.15) is 0 Å². The van der Waals surface area contributed by atoms with Gasteiger partial charge in [0.25, 0.3) is 0 Å². The van der Waals surface area contributed by atoms with E-state index in [2.05, 4.69) is 32.7 Å². The molecule has 2 aliphatic rings. The predicted molar refractivity (Wildman–Crippen MR) is 81.1 cm³/mol. The van der Waals surface area contributed by atoms with Crippen molar-refractivity contribution < 1.29 is 5.11 Å². The van der Waals surface area contributed by atoms with Gasteiger partial charge in [-0.25, -0.2) is 0 Å². The van der Waals surface area contributed by atoms with Gasteiger partial charge in [-0.15, -0.1) is 0 Å². The lowest BCUT2D eigenvalue weighted by Crippen LogP contribution is -2.41. The van der Waals surface area contributed by atoms with Gasteiger partial charge >= 0.3 is 0 Å². The second-order valence-electron chi connectivity index (χ2n) is 8.22. The van der Waals surface area contributed by atoms with Crippen LogP contribution < -0.4 is 0 Å². The molecule has 0 aromatic carbocycles. The largest absolute Gasteiger partial charge is 0.393 e. The average molecular weight is 267 g/mol. The van der Waals surface area contributed by atoms with E-state index in [-0.39, 0.29) is 6.10 Å². The van der Waals surface area contributed by atoms with Crippen LogP contribution in [0, 0.1) is 23.2 Å². The van der Waals surface area contributed by atoms with Crippen molar-refractivity contribution in [2.45, 2.75) is 65.4 Å². The first-order valence-electron chi connectivity index (χ1n) is 8.23. The highest BCUT2D eigenvalue weighted by Crippen LogP contribution is 2.40. The summed E-state index contributed by atoms with van der Waals surface area (Å²) in [5.41, 5.74) is 0.394. The van der Waals surface area contributed by atoms with Gasteiger partial charge in [0.15, 0.2) is 0 Å². The Morgan fingerprint density at radius 3 is 2.26 bits per heavy atom. The van der Waals surface area contributed by atoms with Gasteiger partial charge in [0.05, 0.1) is 6.10 Å². The molecular weight excluding hydrogens is 234 g/mol. The SMILES string of the molecule is CN(CC1CCC1)CC1CC(C(C)(C)C)CCC1O.